The van der Waals surface area contributed by atoms with Gasteiger partial charge in [0.25, 0.3) is 11.8 Å². The first-order valence-electron chi connectivity index (χ1n) is 9.19. The van der Waals surface area contributed by atoms with E-state index in [9.17, 15) is 14.0 Å². The van der Waals surface area contributed by atoms with Gasteiger partial charge in [-0.3, -0.25) is 14.6 Å². The highest BCUT2D eigenvalue weighted by Gasteiger charge is 2.13. The van der Waals surface area contributed by atoms with Crippen LogP contribution in [0.5, 0.6) is 0 Å². The zero-order chi connectivity index (χ0) is 20.8. The van der Waals surface area contributed by atoms with E-state index in [2.05, 4.69) is 20.6 Å². The minimum atomic E-state index is -0.390. The van der Waals surface area contributed by atoms with E-state index in [0.29, 0.717) is 11.3 Å². The van der Waals surface area contributed by atoms with Crippen LogP contribution in [0.2, 0.25) is 0 Å². The van der Waals surface area contributed by atoms with E-state index < -0.39 is 5.91 Å². The van der Waals surface area contributed by atoms with E-state index in [1.54, 1.807) is 42.6 Å². The van der Waals surface area contributed by atoms with Crippen LogP contribution >= 0.6 is 0 Å². The number of nitrogens with one attached hydrogen (secondary N) is 2. The third kappa shape index (κ3) is 5.44. The van der Waals surface area contributed by atoms with Gasteiger partial charge in [-0.05, 0) is 49.7 Å². The summed E-state index contributed by atoms with van der Waals surface area (Å²) < 4.78 is 13.3. The molecule has 0 aliphatic heterocycles. The van der Waals surface area contributed by atoms with Crippen LogP contribution in [0.3, 0.4) is 0 Å². The van der Waals surface area contributed by atoms with Gasteiger partial charge in [0.05, 0.1) is 5.69 Å². The molecule has 7 heteroatoms. The van der Waals surface area contributed by atoms with E-state index in [1.165, 1.54) is 12.1 Å². The summed E-state index contributed by atoms with van der Waals surface area (Å²) in [6, 6.07) is 14.5. The van der Waals surface area contributed by atoms with Crippen LogP contribution in [0, 0.1) is 5.82 Å². The molecule has 6 nitrogen and oxygen atoms in total. The summed E-state index contributed by atoms with van der Waals surface area (Å²) in [4.78, 5) is 32.9. The van der Waals surface area contributed by atoms with Crippen LogP contribution in [-0.4, -0.2) is 27.8 Å². The Labute approximate surface area is 168 Å². The number of carbonyl (C=O) groups excluding carboxylic acids is 2. The molecule has 0 saturated heterocycles. The molecule has 2 N–H and O–H groups in total. The molecule has 0 radical (unpaired) electrons. The van der Waals surface area contributed by atoms with E-state index in [-0.39, 0.29) is 35.7 Å². The van der Waals surface area contributed by atoms with Gasteiger partial charge in [-0.25, -0.2) is 9.37 Å². The first kappa shape index (κ1) is 20.1. The number of nitrogens with zero attached hydrogens (tertiary/aromatic N) is 2. The SMILES string of the molecule is CC(C)NC(=O)c1cccc(C(=O)NCc2ccc(-c3cccc(F)c3)nc2)n1. The number of amides is 2. The second-order valence-corrected chi connectivity index (χ2v) is 6.78. The average molecular weight is 392 g/mol. The Kier molecular flexibility index (Phi) is 6.29. The number of aromatic nitrogens is 2. The summed E-state index contributed by atoms with van der Waals surface area (Å²) in [5.74, 6) is -1.04. The predicted molar refractivity (Wildman–Crippen MR) is 108 cm³/mol. The molecule has 0 atom stereocenters. The molecular weight excluding hydrogens is 371 g/mol. The zero-order valence-electron chi connectivity index (χ0n) is 16.1. The van der Waals surface area contributed by atoms with Crippen LogP contribution in [0.25, 0.3) is 11.3 Å². The Morgan fingerprint density at radius 2 is 1.72 bits per heavy atom. The molecule has 0 fully saturated rings. The summed E-state index contributed by atoms with van der Waals surface area (Å²) >= 11 is 0. The molecule has 2 heterocycles. The number of carbonyl (C=O) groups is 2. The molecule has 0 spiro atoms. The maximum absolute atomic E-state index is 13.3. The van der Waals surface area contributed by atoms with Gasteiger partial charge >= 0.3 is 0 Å². The molecule has 2 amide bonds. The van der Waals surface area contributed by atoms with Crippen molar-refractivity contribution in [3.05, 3.63) is 83.6 Å². The molecule has 0 bridgehead atoms. The van der Waals surface area contributed by atoms with Gasteiger partial charge in [0, 0.05) is 24.3 Å². The minimum absolute atomic E-state index is 0.0235. The molecule has 148 valence electrons. The van der Waals surface area contributed by atoms with Crippen molar-refractivity contribution in [2.45, 2.75) is 26.4 Å². The molecule has 0 saturated carbocycles. The third-order valence-corrected chi connectivity index (χ3v) is 4.03. The second kappa shape index (κ2) is 9.05. The Balaban J connectivity index is 1.63. The second-order valence-electron chi connectivity index (χ2n) is 6.78. The highest BCUT2D eigenvalue weighted by Crippen LogP contribution is 2.17. The van der Waals surface area contributed by atoms with Gasteiger partial charge in [-0.2, -0.15) is 0 Å². The summed E-state index contributed by atoms with van der Waals surface area (Å²) in [6.45, 7) is 3.95. The monoisotopic (exact) mass is 392 g/mol. The highest BCUT2D eigenvalue weighted by molar-refractivity contribution is 5.96. The van der Waals surface area contributed by atoms with Gasteiger partial charge in [0.15, 0.2) is 0 Å². The summed E-state index contributed by atoms with van der Waals surface area (Å²) in [5, 5.41) is 5.50. The van der Waals surface area contributed by atoms with Crippen LogP contribution in [0.4, 0.5) is 4.39 Å². The zero-order valence-corrected chi connectivity index (χ0v) is 16.1. The van der Waals surface area contributed by atoms with Crippen LogP contribution in [-0.2, 0) is 6.54 Å². The maximum Gasteiger partial charge on any atom is 0.270 e. The largest absolute Gasteiger partial charge is 0.349 e. The fourth-order valence-electron chi connectivity index (χ4n) is 2.64. The van der Waals surface area contributed by atoms with E-state index in [1.807, 2.05) is 19.9 Å². The topological polar surface area (TPSA) is 84.0 Å². The summed E-state index contributed by atoms with van der Waals surface area (Å²) in [7, 11) is 0. The summed E-state index contributed by atoms with van der Waals surface area (Å²) in [5.41, 5.74) is 2.46. The minimum Gasteiger partial charge on any atom is -0.349 e. The van der Waals surface area contributed by atoms with Gasteiger partial charge < -0.3 is 10.6 Å². The van der Waals surface area contributed by atoms with Crippen LogP contribution in [0.15, 0.2) is 60.8 Å². The van der Waals surface area contributed by atoms with E-state index in [0.717, 1.165) is 5.56 Å². The van der Waals surface area contributed by atoms with E-state index in [4.69, 9.17) is 0 Å². The number of benzene rings is 1. The van der Waals surface area contributed by atoms with Gasteiger partial charge in [-0.15, -0.1) is 0 Å². The molecule has 3 rings (SSSR count). The fraction of sp³-hybridized carbons (Fsp3) is 0.182. The summed E-state index contributed by atoms with van der Waals surface area (Å²) in [6.07, 6.45) is 1.63. The lowest BCUT2D eigenvalue weighted by atomic mass is 10.1. The van der Waals surface area contributed by atoms with E-state index >= 15 is 0 Å². The molecule has 1 aromatic carbocycles. The Morgan fingerprint density at radius 3 is 2.38 bits per heavy atom. The van der Waals surface area contributed by atoms with Gasteiger partial charge in [0.1, 0.15) is 17.2 Å². The van der Waals surface area contributed by atoms with Gasteiger partial charge in [-0.1, -0.05) is 24.3 Å². The lowest BCUT2D eigenvalue weighted by Crippen LogP contribution is -2.31. The maximum atomic E-state index is 13.3. The van der Waals surface area contributed by atoms with Crippen molar-refractivity contribution in [2.75, 3.05) is 0 Å². The molecule has 29 heavy (non-hydrogen) atoms. The molecule has 0 unspecified atom stereocenters. The van der Waals surface area contributed by atoms with Crippen molar-refractivity contribution in [2.24, 2.45) is 0 Å². The quantitative estimate of drug-likeness (QED) is 0.674. The first-order valence-corrected chi connectivity index (χ1v) is 9.19. The lowest BCUT2D eigenvalue weighted by Gasteiger charge is -2.09. The smallest absolute Gasteiger partial charge is 0.270 e. The third-order valence-electron chi connectivity index (χ3n) is 4.03. The standard InChI is InChI=1S/C22H21FN4O2/c1-14(2)26-22(29)20-8-4-7-19(27-20)21(28)25-13-15-9-10-18(24-12-15)16-5-3-6-17(23)11-16/h3-12,14H,13H2,1-2H3,(H,25,28)(H,26,29). The first-order chi connectivity index (χ1) is 13.9. The molecule has 0 aliphatic carbocycles. The molecule has 2 aromatic heterocycles. The highest BCUT2D eigenvalue weighted by atomic mass is 19.1. The van der Waals surface area contributed by atoms with Crippen LogP contribution < -0.4 is 10.6 Å². The Morgan fingerprint density at radius 1 is 1.00 bits per heavy atom. The van der Waals surface area contributed by atoms with Crippen LogP contribution in [0.1, 0.15) is 40.4 Å². The molecular formula is C22H21FN4O2. The fourth-order valence-corrected chi connectivity index (χ4v) is 2.64. The number of hydrogen-bond donors (Lipinski definition) is 2. The van der Waals surface area contributed by atoms with Crippen molar-refractivity contribution in [1.82, 2.24) is 20.6 Å². The number of hydrogen-bond acceptors (Lipinski definition) is 4. The number of rotatable bonds is 6. The van der Waals surface area contributed by atoms with Crippen molar-refractivity contribution in [3.63, 3.8) is 0 Å². The number of pyridine rings is 2. The van der Waals surface area contributed by atoms with Gasteiger partial charge in [0.2, 0.25) is 0 Å². The molecule has 3 aromatic rings. The lowest BCUT2D eigenvalue weighted by molar-refractivity contribution is 0.0936. The average Bonchev–Trinajstić information content (AvgIpc) is 2.72. The van der Waals surface area contributed by atoms with Crippen molar-refractivity contribution in [1.29, 1.82) is 0 Å². The Hall–Kier alpha value is -3.61. The predicted octanol–water partition coefficient (Wildman–Crippen LogP) is 3.35. The Bertz CT molecular complexity index is 1020. The van der Waals surface area contributed by atoms with Crippen molar-refractivity contribution >= 4 is 11.8 Å². The van der Waals surface area contributed by atoms with Crippen molar-refractivity contribution < 1.29 is 14.0 Å². The normalized spacial score (nSPS) is 10.6. The molecule has 0 aliphatic rings. The van der Waals surface area contributed by atoms with Crippen molar-refractivity contribution in [3.8, 4) is 11.3 Å². The number of halogens is 1.